The molecule has 6 nitrogen and oxygen atoms in total. The van der Waals surface area contributed by atoms with Crippen LogP contribution in [0.5, 0.6) is 0 Å². The van der Waals surface area contributed by atoms with E-state index in [0.717, 1.165) is 38.6 Å². The number of hydrogen-bond donors (Lipinski definition) is 1. The Balaban J connectivity index is 1.25. The Hall–Kier alpha value is -1.92. The van der Waals surface area contributed by atoms with Gasteiger partial charge in [0.05, 0.1) is 6.61 Å². The molecule has 0 radical (unpaired) electrons. The van der Waals surface area contributed by atoms with Gasteiger partial charge in [0, 0.05) is 26.3 Å². The molecule has 0 aromatic heterocycles. The molecule has 0 amide bonds. The highest BCUT2D eigenvalue weighted by Gasteiger charge is 2.63. The quantitative estimate of drug-likeness (QED) is 0.204. The average molecular weight is 554 g/mol. The number of carbonyl (C=O) groups excluding carboxylic acids is 2. The molecule has 5 rings (SSSR count). The molecule has 40 heavy (non-hydrogen) atoms. The topological polar surface area (TPSA) is 73.9 Å². The summed E-state index contributed by atoms with van der Waals surface area (Å²) in [7, 11) is 0. The van der Waals surface area contributed by atoms with Gasteiger partial charge in [0.25, 0.3) is 0 Å². The fourth-order valence-corrected chi connectivity index (χ4v) is 10.1. The Bertz CT molecular complexity index is 1030. The molecule has 0 aliphatic heterocycles. The van der Waals surface area contributed by atoms with Gasteiger partial charge in [-0.2, -0.15) is 0 Å². The predicted molar refractivity (Wildman–Crippen MR) is 155 cm³/mol. The van der Waals surface area contributed by atoms with E-state index in [1.165, 1.54) is 38.2 Å². The zero-order chi connectivity index (χ0) is 28.5. The van der Waals surface area contributed by atoms with Crippen LogP contribution in [0, 0.1) is 46.3 Å². The molecule has 0 heterocycles. The molecular formula is C34H51NO5. The number of ether oxygens (including phenoxy) is 2. The summed E-state index contributed by atoms with van der Waals surface area (Å²) in [5.74, 6) is 2.96. The van der Waals surface area contributed by atoms with Crippen molar-refractivity contribution in [3.8, 4) is 0 Å². The van der Waals surface area contributed by atoms with Crippen LogP contribution < -0.4 is 5.48 Å². The van der Waals surface area contributed by atoms with Crippen LogP contribution >= 0.6 is 0 Å². The lowest BCUT2D eigenvalue weighted by molar-refractivity contribution is -0.197. The summed E-state index contributed by atoms with van der Waals surface area (Å²) in [6.45, 7) is 12.0. The van der Waals surface area contributed by atoms with Crippen LogP contribution in [0.2, 0.25) is 0 Å². The van der Waals surface area contributed by atoms with E-state index in [-0.39, 0.29) is 35.0 Å². The number of fused-ring (bicyclic) bond motifs is 5. The highest BCUT2D eigenvalue weighted by molar-refractivity contribution is 5.66. The zero-order valence-electron chi connectivity index (χ0n) is 25.3. The van der Waals surface area contributed by atoms with Crippen molar-refractivity contribution < 1.29 is 23.9 Å². The SMILES string of the molecule is CC(=O)O[C@@H]1CC[C@@]2(C)[C@@H](C1)C[C@@H](OC(C)=O)[C@@H]1[C@@H]2CC[C@]2(C)[C@@H]([C@H](C)CCNOCc3ccccc3)CC[C@@H]12. The summed E-state index contributed by atoms with van der Waals surface area (Å²) in [6.07, 6.45) is 9.90. The van der Waals surface area contributed by atoms with E-state index in [1.807, 2.05) is 18.2 Å². The standard InChI is InChI=1S/C34H51NO5/c1-22(15-18-35-38-21-25-9-7-6-8-10-25)28-11-12-29-32-30(14-17-34(28,29)5)33(4)16-13-27(39-23(2)36)19-26(33)20-31(32)40-24(3)37/h6-10,22,26-32,35H,11-21H2,1-5H3/t22-,26+,27-,28-,29+,30+,31-,32+,33+,34-/m1/s1. The lowest BCUT2D eigenvalue weighted by atomic mass is 9.43. The van der Waals surface area contributed by atoms with Crippen LogP contribution in [-0.4, -0.2) is 30.7 Å². The third-order valence-electron chi connectivity index (χ3n) is 11.9. The van der Waals surface area contributed by atoms with Crippen LogP contribution in [0.3, 0.4) is 0 Å². The molecule has 0 saturated heterocycles. The molecule has 1 aromatic rings. The lowest BCUT2D eigenvalue weighted by Crippen LogP contribution is -2.59. The van der Waals surface area contributed by atoms with Gasteiger partial charge < -0.3 is 9.47 Å². The number of hydroxylamine groups is 1. The van der Waals surface area contributed by atoms with Crippen molar-refractivity contribution >= 4 is 11.9 Å². The van der Waals surface area contributed by atoms with E-state index in [2.05, 4.69) is 38.4 Å². The summed E-state index contributed by atoms with van der Waals surface area (Å²) in [6, 6.07) is 10.3. The van der Waals surface area contributed by atoms with Crippen molar-refractivity contribution in [1.29, 1.82) is 0 Å². The fraction of sp³-hybridized carbons (Fsp3) is 0.765. The predicted octanol–water partition coefficient (Wildman–Crippen LogP) is 6.87. The van der Waals surface area contributed by atoms with Crippen molar-refractivity contribution in [2.75, 3.05) is 6.54 Å². The lowest BCUT2D eigenvalue weighted by Gasteiger charge is -2.62. The molecule has 6 heteroatoms. The maximum atomic E-state index is 12.3. The Morgan fingerprint density at radius 1 is 0.925 bits per heavy atom. The zero-order valence-corrected chi connectivity index (χ0v) is 25.3. The normalized spacial score (nSPS) is 39.4. The second-order valence-electron chi connectivity index (χ2n) is 14.0. The first-order chi connectivity index (χ1) is 19.1. The van der Waals surface area contributed by atoms with E-state index in [9.17, 15) is 9.59 Å². The minimum atomic E-state index is -0.184. The summed E-state index contributed by atoms with van der Waals surface area (Å²) in [5.41, 5.74) is 4.89. The number of nitrogens with one attached hydrogen (secondary N) is 1. The van der Waals surface area contributed by atoms with E-state index in [1.54, 1.807) is 6.92 Å². The van der Waals surface area contributed by atoms with Crippen LogP contribution in [0.15, 0.2) is 30.3 Å². The molecular weight excluding hydrogens is 502 g/mol. The minimum absolute atomic E-state index is 0.000881. The van der Waals surface area contributed by atoms with Gasteiger partial charge in [-0.3, -0.25) is 14.4 Å². The minimum Gasteiger partial charge on any atom is -0.463 e. The van der Waals surface area contributed by atoms with E-state index >= 15 is 0 Å². The van der Waals surface area contributed by atoms with E-state index in [0.29, 0.717) is 42.1 Å². The number of rotatable bonds is 9. The van der Waals surface area contributed by atoms with Crippen molar-refractivity contribution in [3.63, 3.8) is 0 Å². The maximum absolute atomic E-state index is 12.3. The third-order valence-corrected chi connectivity index (χ3v) is 11.9. The highest BCUT2D eigenvalue weighted by atomic mass is 16.6. The summed E-state index contributed by atoms with van der Waals surface area (Å²) < 4.78 is 11.8. The Morgan fingerprint density at radius 2 is 1.62 bits per heavy atom. The van der Waals surface area contributed by atoms with Gasteiger partial charge >= 0.3 is 11.9 Å². The molecule has 1 aromatic carbocycles. The van der Waals surface area contributed by atoms with Crippen LogP contribution in [0.4, 0.5) is 0 Å². The Kier molecular flexibility index (Phi) is 8.97. The Labute approximate surface area is 241 Å². The summed E-state index contributed by atoms with van der Waals surface area (Å²) >= 11 is 0. The largest absolute Gasteiger partial charge is 0.463 e. The maximum Gasteiger partial charge on any atom is 0.302 e. The van der Waals surface area contributed by atoms with Crippen molar-refractivity contribution in [1.82, 2.24) is 5.48 Å². The molecule has 4 aliphatic rings. The molecule has 0 unspecified atom stereocenters. The first-order valence-electron chi connectivity index (χ1n) is 15.8. The molecule has 10 atom stereocenters. The summed E-state index contributed by atoms with van der Waals surface area (Å²) in [5, 5.41) is 0. The van der Waals surface area contributed by atoms with Crippen molar-refractivity contribution in [3.05, 3.63) is 35.9 Å². The fourth-order valence-electron chi connectivity index (χ4n) is 10.1. The molecule has 0 spiro atoms. The molecule has 4 aliphatic carbocycles. The smallest absolute Gasteiger partial charge is 0.302 e. The van der Waals surface area contributed by atoms with Gasteiger partial charge in [0.1, 0.15) is 12.2 Å². The number of esters is 2. The van der Waals surface area contributed by atoms with Crippen molar-refractivity contribution in [2.24, 2.45) is 46.3 Å². The van der Waals surface area contributed by atoms with Gasteiger partial charge in [-0.25, -0.2) is 5.48 Å². The second-order valence-corrected chi connectivity index (χ2v) is 14.0. The van der Waals surface area contributed by atoms with Crippen LogP contribution in [-0.2, 0) is 30.5 Å². The van der Waals surface area contributed by atoms with Gasteiger partial charge in [-0.15, -0.1) is 0 Å². The van der Waals surface area contributed by atoms with Gasteiger partial charge in [0.15, 0.2) is 0 Å². The Morgan fingerprint density at radius 3 is 2.35 bits per heavy atom. The average Bonchev–Trinajstić information content (AvgIpc) is 3.26. The number of carbonyl (C=O) groups is 2. The third kappa shape index (κ3) is 5.86. The summed E-state index contributed by atoms with van der Waals surface area (Å²) in [4.78, 5) is 29.8. The van der Waals surface area contributed by atoms with Crippen molar-refractivity contribution in [2.45, 2.75) is 111 Å². The van der Waals surface area contributed by atoms with Gasteiger partial charge in [-0.05, 0) is 104 Å². The van der Waals surface area contributed by atoms with Crippen LogP contribution in [0.25, 0.3) is 0 Å². The highest BCUT2D eigenvalue weighted by Crippen LogP contribution is 2.68. The van der Waals surface area contributed by atoms with Crippen LogP contribution in [0.1, 0.15) is 98.0 Å². The molecule has 4 fully saturated rings. The molecule has 0 bridgehead atoms. The molecule has 1 N–H and O–H groups in total. The second kappa shape index (κ2) is 12.1. The molecule has 4 saturated carbocycles. The van der Waals surface area contributed by atoms with E-state index < -0.39 is 0 Å². The van der Waals surface area contributed by atoms with Gasteiger partial charge in [-0.1, -0.05) is 51.1 Å². The first kappa shape index (κ1) is 29.6. The number of benzene rings is 1. The van der Waals surface area contributed by atoms with E-state index in [4.69, 9.17) is 14.3 Å². The first-order valence-corrected chi connectivity index (χ1v) is 15.8. The van der Waals surface area contributed by atoms with Gasteiger partial charge in [0.2, 0.25) is 0 Å². The molecule has 222 valence electrons. The monoisotopic (exact) mass is 553 g/mol. The number of hydrogen-bond acceptors (Lipinski definition) is 6.